The molecule has 0 saturated carbocycles. The van der Waals surface area contributed by atoms with Gasteiger partial charge in [0, 0.05) is 18.9 Å². The molecule has 0 atom stereocenters. The standard InChI is InChI=1S/C13H14N2O2/c1-9-7-12(17-10(9)2)13(16)15-8-11-3-5-14-6-4-11/h3-7H,8H2,1-2H3,(H,15,16). The van der Waals surface area contributed by atoms with E-state index in [0.29, 0.717) is 12.3 Å². The van der Waals surface area contributed by atoms with Gasteiger partial charge in [-0.15, -0.1) is 0 Å². The summed E-state index contributed by atoms with van der Waals surface area (Å²) in [5.74, 6) is 0.936. The van der Waals surface area contributed by atoms with Crippen LogP contribution in [0.25, 0.3) is 0 Å². The van der Waals surface area contributed by atoms with Crippen molar-refractivity contribution in [3.8, 4) is 0 Å². The maximum Gasteiger partial charge on any atom is 0.287 e. The zero-order chi connectivity index (χ0) is 12.3. The van der Waals surface area contributed by atoms with Crippen molar-refractivity contribution in [3.63, 3.8) is 0 Å². The fourth-order valence-electron chi connectivity index (χ4n) is 1.46. The topological polar surface area (TPSA) is 55.1 Å². The lowest BCUT2D eigenvalue weighted by atomic mass is 10.2. The van der Waals surface area contributed by atoms with Crippen LogP contribution in [0.15, 0.2) is 35.0 Å². The molecular formula is C13H14N2O2. The van der Waals surface area contributed by atoms with Gasteiger partial charge in [0.25, 0.3) is 5.91 Å². The van der Waals surface area contributed by atoms with Gasteiger partial charge in [-0.05, 0) is 43.2 Å². The van der Waals surface area contributed by atoms with Crippen molar-refractivity contribution in [2.75, 3.05) is 0 Å². The van der Waals surface area contributed by atoms with Crippen LogP contribution in [0, 0.1) is 13.8 Å². The Balaban J connectivity index is 1.98. The van der Waals surface area contributed by atoms with Gasteiger partial charge in [-0.1, -0.05) is 0 Å². The fourth-order valence-corrected chi connectivity index (χ4v) is 1.46. The molecule has 4 heteroatoms. The molecule has 0 bridgehead atoms. The summed E-state index contributed by atoms with van der Waals surface area (Å²) in [7, 11) is 0. The molecule has 1 N–H and O–H groups in total. The molecule has 0 saturated heterocycles. The fraction of sp³-hybridized carbons (Fsp3) is 0.231. The summed E-state index contributed by atoms with van der Waals surface area (Å²) in [5, 5.41) is 2.80. The lowest BCUT2D eigenvalue weighted by molar-refractivity contribution is 0.0922. The average Bonchev–Trinajstić information content (AvgIpc) is 2.68. The smallest absolute Gasteiger partial charge is 0.287 e. The molecule has 0 aromatic carbocycles. The van der Waals surface area contributed by atoms with E-state index in [4.69, 9.17) is 4.42 Å². The van der Waals surface area contributed by atoms with Gasteiger partial charge >= 0.3 is 0 Å². The molecular weight excluding hydrogens is 216 g/mol. The number of carbonyl (C=O) groups is 1. The molecule has 17 heavy (non-hydrogen) atoms. The van der Waals surface area contributed by atoms with E-state index in [1.807, 2.05) is 26.0 Å². The molecule has 0 spiro atoms. The number of aryl methyl sites for hydroxylation is 2. The quantitative estimate of drug-likeness (QED) is 0.879. The number of nitrogens with one attached hydrogen (secondary N) is 1. The first-order valence-corrected chi connectivity index (χ1v) is 5.41. The molecule has 0 aliphatic heterocycles. The number of pyridine rings is 1. The van der Waals surface area contributed by atoms with Gasteiger partial charge in [-0.25, -0.2) is 0 Å². The summed E-state index contributed by atoms with van der Waals surface area (Å²) in [4.78, 5) is 15.7. The van der Waals surface area contributed by atoms with Crippen molar-refractivity contribution in [3.05, 3.63) is 53.2 Å². The highest BCUT2D eigenvalue weighted by Gasteiger charge is 2.11. The van der Waals surface area contributed by atoms with E-state index in [-0.39, 0.29) is 5.91 Å². The molecule has 0 aliphatic rings. The molecule has 0 aliphatic carbocycles. The summed E-state index contributed by atoms with van der Waals surface area (Å²) in [6.07, 6.45) is 3.39. The van der Waals surface area contributed by atoms with Crippen molar-refractivity contribution >= 4 is 5.91 Å². The second kappa shape index (κ2) is 4.82. The predicted octanol–water partition coefficient (Wildman–Crippen LogP) is 2.22. The first kappa shape index (κ1) is 11.4. The van der Waals surface area contributed by atoms with E-state index in [1.165, 1.54) is 0 Å². The molecule has 0 radical (unpaired) electrons. The predicted molar refractivity (Wildman–Crippen MR) is 63.6 cm³/mol. The van der Waals surface area contributed by atoms with Crippen LogP contribution >= 0.6 is 0 Å². The maximum atomic E-state index is 11.8. The van der Waals surface area contributed by atoms with Crippen molar-refractivity contribution in [1.29, 1.82) is 0 Å². The van der Waals surface area contributed by atoms with Crippen molar-refractivity contribution in [2.24, 2.45) is 0 Å². The largest absolute Gasteiger partial charge is 0.456 e. The third-order valence-electron chi connectivity index (χ3n) is 2.59. The Labute approximate surface area is 99.7 Å². The first-order chi connectivity index (χ1) is 8.16. The van der Waals surface area contributed by atoms with Crippen molar-refractivity contribution < 1.29 is 9.21 Å². The van der Waals surface area contributed by atoms with Gasteiger partial charge in [-0.3, -0.25) is 9.78 Å². The molecule has 0 fully saturated rings. The van der Waals surface area contributed by atoms with Gasteiger partial charge in [0.1, 0.15) is 5.76 Å². The highest BCUT2D eigenvalue weighted by molar-refractivity contribution is 5.91. The second-order valence-electron chi connectivity index (χ2n) is 3.89. The number of carbonyl (C=O) groups excluding carboxylic acids is 1. The average molecular weight is 230 g/mol. The van der Waals surface area contributed by atoms with Crippen molar-refractivity contribution in [1.82, 2.24) is 10.3 Å². The number of aromatic nitrogens is 1. The van der Waals surface area contributed by atoms with E-state index in [0.717, 1.165) is 16.9 Å². The molecule has 4 nitrogen and oxygen atoms in total. The van der Waals surface area contributed by atoms with Crippen LogP contribution in [0.1, 0.15) is 27.4 Å². The van der Waals surface area contributed by atoms with Crippen LogP contribution in [0.3, 0.4) is 0 Å². The van der Waals surface area contributed by atoms with E-state index in [2.05, 4.69) is 10.3 Å². The number of hydrogen-bond donors (Lipinski definition) is 1. The highest BCUT2D eigenvalue weighted by Crippen LogP contribution is 2.12. The van der Waals surface area contributed by atoms with Crippen LogP contribution in [0.5, 0.6) is 0 Å². The van der Waals surface area contributed by atoms with Crippen LogP contribution in [0.4, 0.5) is 0 Å². The van der Waals surface area contributed by atoms with Gasteiger partial charge < -0.3 is 9.73 Å². The SMILES string of the molecule is Cc1cc(C(=O)NCc2ccncc2)oc1C. The van der Waals surface area contributed by atoms with Crippen LogP contribution in [-0.4, -0.2) is 10.9 Å². The number of rotatable bonds is 3. The summed E-state index contributed by atoms with van der Waals surface area (Å²) < 4.78 is 5.34. The Bertz CT molecular complexity index is 498. The Hall–Kier alpha value is -2.10. The Morgan fingerprint density at radius 2 is 2.06 bits per heavy atom. The lowest BCUT2D eigenvalue weighted by Crippen LogP contribution is -2.22. The minimum atomic E-state index is -0.196. The molecule has 2 aromatic heterocycles. The molecule has 88 valence electrons. The number of nitrogens with zero attached hydrogens (tertiary/aromatic N) is 1. The van der Waals surface area contributed by atoms with Crippen molar-refractivity contribution in [2.45, 2.75) is 20.4 Å². The third kappa shape index (κ3) is 2.72. The van der Waals surface area contributed by atoms with Crippen LogP contribution in [0.2, 0.25) is 0 Å². The minimum Gasteiger partial charge on any atom is -0.456 e. The number of furan rings is 1. The summed E-state index contributed by atoms with van der Waals surface area (Å²) in [5.41, 5.74) is 1.99. The summed E-state index contributed by atoms with van der Waals surface area (Å²) >= 11 is 0. The van der Waals surface area contributed by atoms with Gasteiger partial charge in [0.2, 0.25) is 0 Å². The van der Waals surface area contributed by atoms with E-state index in [1.54, 1.807) is 18.5 Å². The number of amides is 1. The lowest BCUT2D eigenvalue weighted by Gasteiger charge is -2.02. The monoisotopic (exact) mass is 230 g/mol. The van der Waals surface area contributed by atoms with Gasteiger partial charge in [-0.2, -0.15) is 0 Å². The summed E-state index contributed by atoms with van der Waals surface area (Å²) in [6.45, 7) is 4.23. The molecule has 0 unspecified atom stereocenters. The Morgan fingerprint density at radius 1 is 1.35 bits per heavy atom. The zero-order valence-corrected chi connectivity index (χ0v) is 9.86. The van der Waals surface area contributed by atoms with Crippen LogP contribution in [-0.2, 0) is 6.54 Å². The van der Waals surface area contributed by atoms with E-state index < -0.39 is 0 Å². The van der Waals surface area contributed by atoms with Crippen LogP contribution < -0.4 is 5.32 Å². The van der Waals surface area contributed by atoms with Gasteiger partial charge in [0.15, 0.2) is 5.76 Å². The van der Waals surface area contributed by atoms with Gasteiger partial charge in [0.05, 0.1) is 0 Å². The normalized spacial score (nSPS) is 10.2. The van der Waals surface area contributed by atoms with E-state index in [9.17, 15) is 4.79 Å². The Morgan fingerprint density at radius 3 is 2.65 bits per heavy atom. The summed E-state index contributed by atoms with van der Waals surface area (Å²) in [6, 6.07) is 5.47. The number of hydrogen-bond acceptors (Lipinski definition) is 3. The van der Waals surface area contributed by atoms with E-state index >= 15 is 0 Å². The zero-order valence-electron chi connectivity index (χ0n) is 9.86. The second-order valence-corrected chi connectivity index (χ2v) is 3.89. The minimum absolute atomic E-state index is 0.196. The molecule has 2 aromatic rings. The third-order valence-corrected chi connectivity index (χ3v) is 2.59. The molecule has 1 amide bonds. The molecule has 2 rings (SSSR count). The first-order valence-electron chi connectivity index (χ1n) is 5.41. The Kier molecular flexibility index (Phi) is 3.23. The molecule has 2 heterocycles. The maximum absolute atomic E-state index is 11.8. The highest BCUT2D eigenvalue weighted by atomic mass is 16.3.